The fourth-order valence-electron chi connectivity index (χ4n) is 2.26. The second kappa shape index (κ2) is 5.50. The maximum Gasteiger partial charge on any atom is 0.0571 e. The fourth-order valence-corrected chi connectivity index (χ4v) is 5.62. The SMILES string of the molecule is CC[Si](CC)(CC)Cc1ccc(C)cc1. The smallest absolute Gasteiger partial charge is 0.0571 e. The molecule has 84 valence electrons. The second-order valence-electron chi connectivity index (χ2n) is 4.72. The van der Waals surface area contributed by atoms with Gasteiger partial charge >= 0.3 is 0 Å². The molecule has 0 nitrogen and oxygen atoms in total. The van der Waals surface area contributed by atoms with Crippen molar-refractivity contribution in [1.82, 2.24) is 0 Å². The standard InChI is InChI=1S/C14H24Si/c1-5-15(6-2,7-3)12-14-10-8-13(4)9-11-14/h8-11H,5-7,12H2,1-4H3. The topological polar surface area (TPSA) is 0 Å². The van der Waals surface area contributed by atoms with Crippen molar-refractivity contribution in [3.05, 3.63) is 35.4 Å². The molecule has 0 aliphatic carbocycles. The quantitative estimate of drug-likeness (QED) is 0.637. The molecule has 0 spiro atoms. The lowest BCUT2D eigenvalue weighted by Crippen LogP contribution is -2.34. The maximum absolute atomic E-state index is 2.38. The van der Waals surface area contributed by atoms with Crippen molar-refractivity contribution in [2.45, 2.75) is 51.9 Å². The van der Waals surface area contributed by atoms with Crippen LogP contribution in [-0.2, 0) is 6.04 Å². The van der Waals surface area contributed by atoms with E-state index in [1.807, 2.05) is 0 Å². The molecule has 1 rings (SSSR count). The normalized spacial score (nSPS) is 11.7. The maximum atomic E-state index is 2.38. The molecule has 1 aromatic carbocycles. The molecule has 0 atom stereocenters. The minimum absolute atomic E-state index is 0.976. The van der Waals surface area contributed by atoms with Crippen LogP contribution in [-0.4, -0.2) is 8.07 Å². The Morgan fingerprint density at radius 3 is 1.73 bits per heavy atom. The van der Waals surface area contributed by atoms with Gasteiger partial charge in [-0.2, -0.15) is 0 Å². The number of benzene rings is 1. The minimum Gasteiger partial charge on any atom is -0.0678 e. The molecule has 0 radical (unpaired) electrons. The van der Waals surface area contributed by atoms with Crippen LogP contribution in [0.25, 0.3) is 0 Å². The summed E-state index contributed by atoms with van der Waals surface area (Å²) in [6.45, 7) is 9.31. The molecule has 0 aliphatic rings. The highest BCUT2D eigenvalue weighted by molar-refractivity contribution is 6.79. The lowest BCUT2D eigenvalue weighted by atomic mass is 10.2. The molecule has 0 amide bonds. The van der Waals surface area contributed by atoms with Crippen molar-refractivity contribution in [2.24, 2.45) is 0 Å². The van der Waals surface area contributed by atoms with Gasteiger partial charge in [0.15, 0.2) is 0 Å². The monoisotopic (exact) mass is 220 g/mol. The molecule has 0 saturated heterocycles. The van der Waals surface area contributed by atoms with Gasteiger partial charge in [0, 0.05) is 0 Å². The van der Waals surface area contributed by atoms with E-state index in [0.29, 0.717) is 0 Å². The summed E-state index contributed by atoms with van der Waals surface area (Å²) < 4.78 is 0. The van der Waals surface area contributed by atoms with E-state index < -0.39 is 8.07 Å². The first-order chi connectivity index (χ1) is 7.15. The van der Waals surface area contributed by atoms with E-state index in [9.17, 15) is 0 Å². The molecular weight excluding hydrogens is 196 g/mol. The van der Waals surface area contributed by atoms with Crippen molar-refractivity contribution in [3.63, 3.8) is 0 Å². The van der Waals surface area contributed by atoms with E-state index in [1.54, 1.807) is 5.56 Å². The first-order valence-electron chi connectivity index (χ1n) is 6.21. The Kier molecular flexibility index (Phi) is 4.59. The number of hydrogen-bond acceptors (Lipinski definition) is 0. The van der Waals surface area contributed by atoms with Gasteiger partial charge in [0.2, 0.25) is 0 Å². The molecule has 0 fully saturated rings. The summed E-state index contributed by atoms with van der Waals surface area (Å²) in [5, 5.41) is 0. The van der Waals surface area contributed by atoms with Crippen LogP contribution in [0.1, 0.15) is 31.9 Å². The first-order valence-corrected chi connectivity index (χ1v) is 9.04. The highest BCUT2D eigenvalue weighted by Crippen LogP contribution is 2.24. The Morgan fingerprint density at radius 2 is 1.33 bits per heavy atom. The van der Waals surface area contributed by atoms with Crippen molar-refractivity contribution >= 4 is 8.07 Å². The second-order valence-corrected chi connectivity index (χ2v) is 10.2. The van der Waals surface area contributed by atoms with Crippen LogP contribution in [0.4, 0.5) is 0 Å². The van der Waals surface area contributed by atoms with Crippen molar-refractivity contribution in [3.8, 4) is 0 Å². The molecular formula is C14H24Si. The largest absolute Gasteiger partial charge is 0.0678 e. The zero-order chi connectivity index (χ0) is 11.3. The van der Waals surface area contributed by atoms with Crippen LogP contribution in [0.5, 0.6) is 0 Å². The molecule has 0 heterocycles. The summed E-state index contributed by atoms with van der Waals surface area (Å²) >= 11 is 0. The third kappa shape index (κ3) is 3.20. The van der Waals surface area contributed by atoms with E-state index in [0.717, 1.165) is 0 Å². The van der Waals surface area contributed by atoms with Crippen LogP contribution in [0, 0.1) is 6.92 Å². The fraction of sp³-hybridized carbons (Fsp3) is 0.571. The third-order valence-electron chi connectivity index (χ3n) is 3.95. The van der Waals surface area contributed by atoms with Gasteiger partial charge in [-0.05, 0) is 13.0 Å². The average molecular weight is 220 g/mol. The average Bonchev–Trinajstić information content (AvgIpc) is 2.29. The summed E-state index contributed by atoms with van der Waals surface area (Å²) in [6, 6.07) is 14.8. The van der Waals surface area contributed by atoms with Crippen molar-refractivity contribution in [2.75, 3.05) is 0 Å². The number of rotatable bonds is 5. The zero-order valence-electron chi connectivity index (χ0n) is 10.6. The van der Waals surface area contributed by atoms with Crippen LogP contribution in [0.2, 0.25) is 18.1 Å². The Hall–Kier alpha value is -0.563. The summed E-state index contributed by atoms with van der Waals surface area (Å²) in [4.78, 5) is 0. The summed E-state index contributed by atoms with van der Waals surface area (Å²) in [5.74, 6) is 0. The van der Waals surface area contributed by atoms with Gasteiger partial charge in [-0.15, -0.1) is 0 Å². The molecule has 0 aliphatic heterocycles. The summed E-state index contributed by atoms with van der Waals surface area (Å²) in [7, 11) is -0.976. The Balaban J connectivity index is 2.78. The Bertz CT molecular complexity index is 274. The van der Waals surface area contributed by atoms with E-state index in [2.05, 4.69) is 52.0 Å². The predicted octanol–water partition coefficient (Wildman–Crippen LogP) is 4.59. The van der Waals surface area contributed by atoms with Gasteiger partial charge in [0.05, 0.1) is 8.07 Å². The molecule has 0 aromatic heterocycles. The highest BCUT2D eigenvalue weighted by atomic mass is 28.3. The van der Waals surface area contributed by atoms with Crippen LogP contribution in [0.3, 0.4) is 0 Å². The lowest BCUT2D eigenvalue weighted by Gasteiger charge is -2.28. The third-order valence-corrected chi connectivity index (χ3v) is 9.61. The number of aryl methyl sites for hydroxylation is 1. The summed E-state index contributed by atoms with van der Waals surface area (Å²) in [5.41, 5.74) is 2.92. The molecule has 1 aromatic rings. The van der Waals surface area contributed by atoms with Crippen LogP contribution in [0.15, 0.2) is 24.3 Å². The van der Waals surface area contributed by atoms with Gasteiger partial charge in [-0.1, -0.05) is 74.3 Å². The van der Waals surface area contributed by atoms with Gasteiger partial charge in [-0.25, -0.2) is 0 Å². The van der Waals surface area contributed by atoms with E-state index >= 15 is 0 Å². The molecule has 0 saturated carbocycles. The van der Waals surface area contributed by atoms with Gasteiger partial charge < -0.3 is 0 Å². The van der Waals surface area contributed by atoms with E-state index in [1.165, 1.54) is 29.7 Å². The predicted molar refractivity (Wildman–Crippen MR) is 72.1 cm³/mol. The lowest BCUT2D eigenvalue weighted by molar-refractivity contribution is 1.10. The molecule has 15 heavy (non-hydrogen) atoms. The van der Waals surface area contributed by atoms with E-state index in [4.69, 9.17) is 0 Å². The van der Waals surface area contributed by atoms with Gasteiger partial charge in [0.1, 0.15) is 0 Å². The Morgan fingerprint density at radius 1 is 0.867 bits per heavy atom. The van der Waals surface area contributed by atoms with Gasteiger partial charge in [0.25, 0.3) is 0 Å². The first kappa shape index (κ1) is 12.5. The highest BCUT2D eigenvalue weighted by Gasteiger charge is 2.26. The molecule has 1 heteroatoms. The van der Waals surface area contributed by atoms with Crippen molar-refractivity contribution < 1.29 is 0 Å². The van der Waals surface area contributed by atoms with Crippen LogP contribution >= 0.6 is 0 Å². The van der Waals surface area contributed by atoms with Gasteiger partial charge in [-0.3, -0.25) is 0 Å². The van der Waals surface area contributed by atoms with E-state index in [-0.39, 0.29) is 0 Å². The van der Waals surface area contributed by atoms with Crippen molar-refractivity contribution in [1.29, 1.82) is 0 Å². The van der Waals surface area contributed by atoms with Crippen LogP contribution < -0.4 is 0 Å². The molecule has 0 bridgehead atoms. The molecule has 0 unspecified atom stereocenters. The zero-order valence-corrected chi connectivity index (χ0v) is 11.6. The minimum atomic E-state index is -0.976. The summed E-state index contributed by atoms with van der Waals surface area (Å²) in [6.07, 6.45) is 0. The number of hydrogen-bond donors (Lipinski definition) is 0. The Labute approximate surface area is 95.7 Å². The molecule has 0 N–H and O–H groups in total.